The Hall–Kier alpha value is -2.40. The molecule has 1 aliphatic carbocycles. The van der Waals surface area contributed by atoms with Crippen LogP contribution in [0.2, 0.25) is 0 Å². The van der Waals surface area contributed by atoms with Crippen molar-refractivity contribution in [3.8, 4) is 5.75 Å². The molecular weight excluding hydrogens is 309 g/mol. The lowest BCUT2D eigenvalue weighted by atomic mass is 9.94. The van der Waals surface area contributed by atoms with Crippen molar-refractivity contribution < 1.29 is 19.0 Å². The van der Waals surface area contributed by atoms with Gasteiger partial charge in [0.05, 0.1) is 18.6 Å². The number of hydrogen-bond donors (Lipinski definition) is 2. The maximum atomic E-state index is 14.1. The van der Waals surface area contributed by atoms with E-state index in [1.54, 1.807) is 36.4 Å². The van der Waals surface area contributed by atoms with Crippen LogP contribution >= 0.6 is 0 Å². The van der Waals surface area contributed by atoms with Crippen molar-refractivity contribution in [1.82, 2.24) is 0 Å². The molecule has 0 bridgehead atoms. The second-order valence-electron chi connectivity index (χ2n) is 5.93. The molecular formula is C19H20FNO3. The van der Waals surface area contributed by atoms with E-state index in [4.69, 9.17) is 4.74 Å². The number of halogens is 1. The number of carbonyl (C=O) groups excluding carboxylic acids is 1. The van der Waals surface area contributed by atoms with Crippen LogP contribution in [-0.4, -0.2) is 17.6 Å². The van der Waals surface area contributed by atoms with Crippen molar-refractivity contribution >= 4 is 11.6 Å². The van der Waals surface area contributed by atoms with Crippen molar-refractivity contribution in [3.05, 3.63) is 59.4 Å². The third kappa shape index (κ3) is 2.99. The topological polar surface area (TPSA) is 58.6 Å². The normalized spacial score (nSPS) is 15.0. The smallest absolute Gasteiger partial charge is 0.235 e. The largest absolute Gasteiger partial charge is 0.494 e. The molecule has 2 aromatic rings. The van der Waals surface area contributed by atoms with Crippen molar-refractivity contribution in [2.24, 2.45) is 0 Å². The summed E-state index contributed by atoms with van der Waals surface area (Å²) in [6.07, 6.45) is 1.26. The molecule has 4 nitrogen and oxygen atoms in total. The number of aliphatic hydroxyl groups is 1. The molecule has 0 aromatic heterocycles. The van der Waals surface area contributed by atoms with Gasteiger partial charge >= 0.3 is 0 Å². The summed E-state index contributed by atoms with van der Waals surface area (Å²) in [4.78, 5) is 12.7. The van der Waals surface area contributed by atoms with E-state index in [1.165, 1.54) is 6.07 Å². The Labute approximate surface area is 140 Å². The SMILES string of the molecule is CCOc1ccc(NC(=O)C2(c3ccccc3F)CC2)cc1CO. The van der Waals surface area contributed by atoms with Gasteiger partial charge in [-0.25, -0.2) is 4.39 Å². The molecule has 0 unspecified atom stereocenters. The number of anilines is 1. The molecule has 1 amide bonds. The summed E-state index contributed by atoms with van der Waals surface area (Å²) >= 11 is 0. The van der Waals surface area contributed by atoms with E-state index in [-0.39, 0.29) is 18.3 Å². The molecule has 0 atom stereocenters. The van der Waals surface area contributed by atoms with Crippen molar-refractivity contribution in [1.29, 1.82) is 0 Å². The van der Waals surface area contributed by atoms with E-state index in [0.29, 0.717) is 42.0 Å². The number of aliphatic hydroxyl groups excluding tert-OH is 1. The minimum absolute atomic E-state index is 0.183. The van der Waals surface area contributed by atoms with Gasteiger partial charge in [-0.3, -0.25) is 4.79 Å². The molecule has 1 aliphatic rings. The van der Waals surface area contributed by atoms with E-state index < -0.39 is 5.41 Å². The van der Waals surface area contributed by atoms with Gasteiger partial charge in [0.1, 0.15) is 11.6 Å². The molecule has 0 aliphatic heterocycles. The number of ether oxygens (including phenoxy) is 1. The van der Waals surface area contributed by atoms with E-state index in [1.807, 2.05) is 6.92 Å². The number of benzene rings is 2. The molecule has 0 heterocycles. The highest BCUT2D eigenvalue weighted by molar-refractivity contribution is 6.01. The Bertz CT molecular complexity index is 756. The molecule has 24 heavy (non-hydrogen) atoms. The monoisotopic (exact) mass is 329 g/mol. The highest BCUT2D eigenvalue weighted by Crippen LogP contribution is 2.49. The number of rotatable bonds is 6. The van der Waals surface area contributed by atoms with Crippen molar-refractivity contribution in [2.45, 2.75) is 31.8 Å². The zero-order valence-corrected chi connectivity index (χ0v) is 13.5. The molecule has 0 spiro atoms. The molecule has 5 heteroatoms. The first-order valence-electron chi connectivity index (χ1n) is 8.04. The summed E-state index contributed by atoms with van der Waals surface area (Å²) in [5, 5.41) is 12.3. The molecule has 0 radical (unpaired) electrons. The van der Waals surface area contributed by atoms with Crippen LogP contribution in [0.4, 0.5) is 10.1 Å². The van der Waals surface area contributed by atoms with Gasteiger partial charge in [0.2, 0.25) is 5.91 Å². The predicted molar refractivity (Wildman–Crippen MR) is 89.5 cm³/mol. The average Bonchev–Trinajstić information content (AvgIpc) is 3.38. The minimum atomic E-state index is -0.788. The zero-order valence-electron chi connectivity index (χ0n) is 13.5. The van der Waals surface area contributed by atoms with Crippen LogP contribution in [-0.2, 0) is 16.8 Å². The fourth-order valence-electron chi connectivity index (χ4n) is 2.92. The number of carbonyl (C=O) groups is 1. The van der Waals surface area contributed by atoms with E-state index in [9.17, 15) is 14.3 Å². The summed E-state index contributed by atoms with van der Waals surface area (Å²) in [5.74, 6) is 0.0155. The van der Waals surface area contributed by atoms with Crippen LogP contribution in [0.5, 0.6) is 5.75 Å². The molecule has 1 saturated carbocycles. The third-order valence-electron chi connectivity index (χ3n) is 4.36. The lowest BCUT2D eigenvalue weighted by Crippen LogP contribution is -2.28. The van der Waals surface area contributed by atoms with Crippen molar-refractivity contribution in [2.75, 3.05) is 11.9 Å². The fourth-order valence-corrected chi connectivity index (χ4v) is 2.92. The summed E-state index contributed by atoms with van der Waals surface area (Å²) in [5.41, 5.74) is 0.819. The number of amides is 1. The minimum Gasteiger partial charge on any atom is -0.494 e. The maximum Gasteiger partial charge on any atom is 0.235 e. The Morgan fingerprint density at radius 3 is 2.67 bits per heavy atom. The maximum absolute atomic E-state index is 14.1. The van der Waals surface area contributed by atoms with E-state index >= 15 is 0 Å². The van der Waals surface area contributed by atoms with E-state index in [2.05, 4.69) is 5.32 Å². The fraction of sp³-hybridized carbons (Fsp3) is 0.316. The Morgan fingerprint density at radius 2 is 2.04 bits per heavy atom. The van der Waals surface area contributed by atoms with Crippen molar-refractivity contribution in [3.63, 3.8) is 0 Å². The highest BCUT2D eigenvalue weighted by Gasteiger charge is 2.52. The first kappa shape index (κ1) is 16.5. The molecule has 3 rings (SSSR count). The Balaban J connectivity index is 1.81. The van der Waals surface area contributed by atoms with Gasteiger partial charge in [-0.15, -0.1) is 0 Å². The lowest BCUT2D eigenvalue weighted by molar-refractivity contribution is -0.118. The molecule has 2 aromatic carbocycles. The first-order valence-corrected chi connectivity index (χ1v) is 8.04. The van der Waals surface area contributed by atoms with Crippen LogP contribution in [0.3, 0.4) is 0 Å². The summed E-state index contributed by atoms with van der Waals surface area (Å²) in [6.45, 7) is 2.18. The molecule has 0 saturated heterocycles. The molecule has 1 fully saturated rings. The summed E-state index contributed by atoms with van der Waals surface area (Å²) in [6, 6.07) is 11.5. The van der Waals surface area contributed by atoms with Gasteiger partial charge in [0, 0.05) is 16.8 Å². The van der Waals surface area contributed by atoms with Gasteiger partial charge < -0.3 is 15.2 Å². The van der Waals surface area contributed by atoms with Gasteiger partial charge in [-0.05, 0) is 44.0 Å². The molecule has 2 N–H and O–H groups in total. The number of hydrogen-bond acceptors (Lipinski definition) is 3. The lowest BCUT2D eigenvalue weighted by Gasteiger charge is -2.17. The highest BCUT2D eigenvalue weighted by atomic mass is 19.1. The van der Waals surface area contributed by atoms with Crippen LogP contribution in [0.15, 0.2) is 42.5 Å². The van der Waals surface area contributed by atoms with E-state index in [0.717, 1.165) is 0 Å². The van der Waals surface area contributed by atoms with Gasteiger partial charge in [0.15, 0.2) is 0 Å². The Morgan fingerprint density at radius 1 is 1.29 bits per heavy atom. The van der Waals surface area contributed by atoms with Gasteiger partial charge in [0.25, 0.3) is 0 Å². The number of nitrogens with one attached hydrogen (secondary N) is 1. The second-order valence-corrected chi connectivity index (χ2v) is 5.93. The third-order valence-corrected chi connectivity index (χ3v) is 4.36. The standard InChI is InChI=1S/C19H20FNO3/c1-2-24-17-8-7-14(11-13(17)12-22)21-18(23)19(9-10-19)15-5-3-4-6-16(15)20/h3-8,11,22H,2,9-10,12H2,1H3,(H,21,23). The predicted octanol–water partition coefficient (Wildman–Crippen LogP) is 3.39. The van der Waals surface area contributed by atoms with Crippen LogP contribution < -0.4 is 10.1 Å². The van der Waals surface area contributed by atoms with Gasteiger partial charge in [-0.2, -0.15) is 0 Å². The van der Waals surface area contributed by atoms with Crippen LogP contribution in [0.25, 0.3) is 0 Å². The average molecular weight is 329 g/mol. The zero-order chi connectivity index (χ0) is 17.2. The quantitative estimate of drug-likeness (QED) is 0.854. The van der Waals surface area contributed by atoms with Crippen LogP contribution in [0.1, 0.15) is 30.9 Å². The molecule has 126 valence electrons. The summed E-state index contributed by atoms with van der Waals surface area (Å²) in [7, 11) is 0. The Kier molecular flexibility index (Phi) is 4.53. The van der Waals surface area contributed by atoms with Gasteiger partial charge in [-0.1, -0.05) is 18.2 Å². The first-order chi connectivity index (χ1) is 11.6. The second kappa shape index (κ2) is 6.61. The summed E-state index contributed by atoms with van der Waals surface area (Å²) < 4.78 is 19.5. The van der Waals surface area contributed by atoms with Crippen LogP contribution in [0, 0.1) is 5.82 Å².